The third kappa shape index (κ3) is 4.05. The van der Waals surface area contributed by atoms with Crippen LogP contribution in [0.15, 0.2) is 12.1 Å². The lowest BCUT2D eigenvalue weighted by Crippen LogP contribution is -2.74. The molecule has 11 nitrogen and oxygen atoms in total. The lowest BCUT2D eigenvalue weighted by atomic mass is 9.52. The number of hydrogen-bond acceptors (Lipinski definition) is 10. The molecule has 13 heteroatoms. The van der Waals surface area contributed by atoms with Crippen LogP contribution in [0.25, 0.3) is 0 Å². The summed E-state index contributed by atoms with van der Waals surface area (Å²) in [4.78, 5) is 79.8. The summed E-state index contributed by atoms with van der Waals surface area (Å²) in [7, 11) is 2.94. The van der Waals surface area contributed by atoms with E-state index < -0.39 is 95.4 Å². The van der Waals surface area contributed by atoms with Crippen LogP contribution in [0.2, 0.25) is 0 Å². The van der Waals surface area contributed by atoms with Gasteiger partial charge in [0, 0.05) is 11.5 Å². The Hall–Kier alpha value is -3.42. The minimum absolute atomic E-state index is 0.00611. The summed E-state index contributed by atoms with van der Waals surface area (Å²) in [5.41, 5.74) is 2.20. The van der Waals surface area contributed by atoms with Crippen LogP contribution in [0.5, 0.6) is 5.75 Å². The van der Waals surface area contributed by atoms with Crippen molar-refractivity contribution in [2.24, 2.45) is 29.4 Å². The van der Waals surface area contributed by atoms with Crippen molar-refractivity contribution in [3.05, 3.63) is 28.8 Å². The number of nitrogens with two attached hydrogens (primary N) is 1. The quantitative estimate of drug-likeness (QED) is 0.247. The summed E-state index contributed by atoms with van der Waals surface area (Å²) in [6.45, 7) is -1.20. The van der Waals surface area contributed by atoms with Crippen molar-refractivity contribution in [2.45, 2.75) is 30.9 Å². The van der Waals surface area contributed by atoms with Gasteiger partial charge in [-0.05, 0) is 50.6 Å². The van der Waals surface area contributed by atoms with Gasteiger partial charge in [0.1, 0.15) is 5.75 Å². The van der Waals surface area contributed by atoms with E-state index in [9.17, 15) is 47.8 Å². The zero-order chi connectivity index (χ0) is 28.3. The summed E-state index contributed by atoms with van der Waals surface area (Å²) < 4.78 is 25.0. The molecular weight excluding hydrogens is 508 g/mol. The number of carbonyl (C=O) groups is 6. The first kappa shape index (κ1) is 27.6. The molecule has 4 rings (SSSR count). The van der Waals surface area contributed by atoms with E-state index in [4.69, 9.17) is 5.73 Å². The molecule has 1 amide bonds. The number of nitrogens with zero attached hydrogens (tertiary/aromatic N) is 1. The normalized spacial score (nSPS) is 30.8. The van der Waals surface area contributed by atoms with E-state index in [1.54, 1.807) is 0 Å². The Bertz CT molecular complexity index is 1270. The van der Waals surface area contributed by atoms with E-state index in [1.807, 2.05) is 0 Å². The molecule has 0 spiro atoms. The highest BCUT2D eigenvalue weighted by molar-refractivity contribution is 6.32. The van der Waals surface area contributed by atoms with Crippen LogP contribution in [0, 0.1) is 23.7 Å². The molecule has 2 fully saturated rings. The maximum Gasteiger partial charge on any atom is 0.250 e. The fourth-order valence-electron chi connectivity index (χ4n) is 6.26. The fourth-order valence-corrected chi connectivity index (χ4v) is 6.26. The maximum atomic E-state index is 13.7. The number of carbonyl (C=O) groups excluding carboxylic acids is 6. The van der Waals surface area contributed by atoms with Crippen LogP contribution < -0.4 is 11.1 Å². The molecule has 38 heavy (non-hydrogen) atoms. The number of ketones is 5. The summed E-state index contributed by atoms with van der Waals surface area (Å²) in [6, 6.07) is 1.07. The molecule has 1 aromatic rings. The highest BCUT2D eigenvalue weighted by atomic mass is 19.3. The number of aliphatic hydroxyl groups is 1. The van der Waals surface area contributed by atoms with Crippen molar-refractivity contribution in [3.8, 4) is 5.75 Å². The number of nitrogens with one attached hydrogen (secondary N) is 1. The first-order valence-corrected chi connectivity index (χ1v) is 11.9. The molecule has 204 valence electrons. The van der Waals surface area contributed by atoms with Gasteiger partial charge in [-0.3, -0.25) is 33.7 Å². The van der Waals surface area contributed by atoms with Crippen molar-refractivity contribution in [1.29, 1.82) is 0 Å². The van der Waals surface area contributed by atoms with Crippen molar-refractivity contribution >= 4 is 34.8 Å². The van der Waals surface area contributed by atoms with E-state index in [1.165, 1.54) is 25.1 Å². The number of amides is 1. The molecule has 2 saturated carbocycles. The van der Waals surface area contributed by atoms with Crippen LogP contribution >= 0.6 is 0 Å². The predicted octanol–water partition coefficient (Wildman–Crippen LogP) is -1.10. The third-order valence-corrected chi connectivity index (χ3v) is 7.83. The number of Topliss-reactive ketones (excluding diaryl/α,β-unsaturated/α-hetero) is 5. The van der Waals surface area contributed by atoms with Gasteiger partial charge in [0.15, 0.2) is 40.4 Å². The minimum Gasteiger partial charge on any atom is -0.507 e. The summed E-state index contributed by atoms with van der Waals surface area (Å²) in [5, 5.41) is 24.3. The van der Waals surface area contributed by atoms with Gasteiger partial charge in [0.05, 0.1) is 30.6 Å². The Kier molecular flexibility index (Phi) is 7.06. The molecule has 1 aromatic carbocycles. The number of phenolic OH excluding ortho intramolecular Hbond substituents is 1. The Morgan fingerprint density at radius 2 is 1.84 bits per heavy atom. The molecule has 0 heterocycles. The average Bonchev–Trinajstić information content (AvgIpc) is 2.80. The third-order valence-electron chi connectivity index (χ3n) is 7.83. The topological polar surface area (TPSA) is 184 Å². The zero-order valence-corrected chi connectivity index (χ0v) is 20.6. The van der Waals surface area contributed by atoms with E-state index in [0.717, 1.165) is 6.07 Å². The zero-order valence-electron chi connectivity index (χ0n) is 20.6. The highest BCUT2D eigenvalue weighted by Gasteiger charge is 2.69. The number of alkyl halides is 2. The number of aromatic hydroxyl groups is 1. The van der Waals surface area contributed by atoms with Crippen molar-refractivity contribution in [1.82, 2.24) is 10.2 Å². The average molecular weight is 536 g/mol. The Labute approximate surface area is 215 Å². The smallest absolute Gasteiger partial charge is 0.250 e. The SMILES string of the molecule is CN(C)[C@@H]1C(=O)C(C(N)=O)C(=O)[C@@]2(O)C(=O)C3C(=O)c4c(O)ccc(C(=O)CNCC(F)F)c4C[C@H]3C[C@@H]12. The molecule has 0 aliphatic heterocycles. The number of rotatable bonds is 7. The number of likely N-dealkylation sites (N-methyl/N-ethyl adjacent to an activating group) is 1. The largest absolute Gasteiger partial charge is 0.507 e. The molecule has 0 radical (unpaired) electrons. The van der Waals surface area contributed by atoms with Gasteiger partial charge in [0.2, 0.25) is 5.91 Å². The van der Waals surface area contributed by atoms with Crippen LogP contribution in [0.1, 0.15) is 32.7 Å². The van der Waals surface area contributed by atoms with Gasteiger partial charge < -0.3 is 21.3 Å². The Balaban J connectivity index is 1.79. The van der Waals surface area contributed by atoms with Gasteiger partial charge in [-0.2, -0.15) is 0 Å². The number of halogens is 2. The van der Waals surface area contributed by atoms with Crippen LogP contribution in [0.4, 0.5) is 8.78 Å². The van der Waals surface area contributed by atoms with E-state index >= 15 is 0 Å². The molecule has 0 aromatic heterocycles. The van der Waals surface area contributed by atoms with E-state index in [0.29, 0.717) is 0 Å². The summed E-state index contributed by atoms with van der Waals surface area (Å²) in [5.74, 6) is -12.7. The Morgan fingerprint density at radius 3 is 2.42 bits per heavy atom. The second-order valence-corrected chi connectivity index (χ2v) is 10.2. The van der Waals surface area contributed by atoms with Crippen LogP contribution in [-0.4, -0.2) is 95.2 Å². The van der Waals surface area contributed by atoms with Gasteiger partial charge in [-0.1, -0.05) is 0 Å². The standard InChI is InChI=1S/C25H27F2N3O8/c1-30(2)19-12-6-9-5-11-10(14(32)7-29-8-15(26)27)3-4-13(31)17(11)20(33)16(9)22(35)25(12,38)23(36)18(21(19)34)24(28)37/h3-4,9,12,15-16,18-19,29,31,38H,5-8H2,1-2H3,(H2,28,37)/t9-,12-,16?,18?,19-,25-/m0/s1. The van der Waals surface area contributed by atoms with Crippen molar-refractivity contribution in [2.75, 3.05) is 27.2 Å². The molecule has 2 unspecified atom stereocenters. The van der Waals surface area contributed by atoms with Crippen molar-refractivity contribution < 1.29 is 47.8 Å². The Morgan fingerprint density at radius 1 is 1.18 bits per heavy atom. The molecule has 0 saturated heterocycles. The van der Waals surface area contributed by atoms with Gasteiger partial charge >= 0.3 is 0 Å². The molecular formula is C25H27F2N3O8. The number of hydrogen-bond donors (Lipinski definition) is 4. The van der Waals surface area contributed by atoms with E-state index in [-0.39, 0.29) is 29.5 Å². The number of primary amides is 1. The predicted molar refractivity (Wildman–Crippen MR) is 125 cm³/mol. The second-order valence-electron chi connectivity index (χ2n) is 10.2. The van der Waals surface area contributed by atoms with Crippen molar-refractivity contribution in [3.63, 3.8) is 0 Å². The van der Waals surface area contributed by atoms with Gasteiger partial charge in [-0.25, -0.2) is 8.78 Å². The lowest BCUT2D eigenvalue weighted by molar-refractivity contribution is -0.181. The fraction of sp³-hybridized carbons (Fsp3) is 0.520. The summed E-state index contributed by atoms with van der Waals surface area (Å²) in [6.07, 6.45) is -2.96. The molecule has 3 aliphatic carbocycles. The molecule has 0 bridgehead atoms. The van der Waals surface area contributed by atoms with Crippen LogP contribution in [-0.2, 0) is 25.6 Å². The number of phenols is 1. The number of benzene rings is 1. The molecule has 3 aliphatic rings. The molecule has 5 N–H and O–H groups in total. The minimum atomic E-state index is -2.85. The second kappa shape index (κ2) is 9.71. The highest BCUT2D eigenvalue weighted by Crippen LogP contribution is 2.51. The summed E-state index contributed by atoms with van der Waals surface area (Å²) >= 11 is 0. The first-order valence-electron chi connectivity index (χ1n) is 11.9. The maximum absolute atomic E-state index is 13.7. The van der Waals surface area contributed by atoms with Gasteiger partial charge in [0.25, 0.3) is 6.43 Å². The monoisotopic (exact) mass is 535 g/mol. The van der Waals surface area contributed by atoms with Crippen LogP contribution in [0.3, 0.4) is 0 Å². The van der Waals surface area contributed by atoms with Gasteiger partial charge in [-0.15, -0.1) is 0 Å². The molecule has 6 atom stereocenters. The lowest BCUT2D eigenvalue weighted by Gasteiger charge is -2.52. The van der Waals surface area contributed by atoms with E-state index in [2.05, 4.69) is 5.32 Å². The first-order chi connectivity index (χ1) is 17.7. The number of fused-ring (bicyclic) bond motifs is 3.